The molecular formula is C27H24N2O5. The van der Waals surface area contributed by atoms with Gasteiger partial charge in [-0.25, -0.2) is 9.69 Å². The summed E-state index contributed by atoms with van der Waals surface area (Å²) in [6.45, 7) is 5.50. The van der Waals surface area contributed by atoms with Gasteiger partial charge in [0.05, 0.1) is 22.4 Å². The molecule has 1 heterocycles. The highest BCUT2D eigenvalue weighted by atomic mass is 16.5. The lowest BCUT2D eigenvalue weighted by Crippen LogP contribution is -2.29. The van der Waals surface area contributed by atoms with E-state index < -0.39 is 30.3 Å². The van der Waals surface area contributed by atoms with Crippen LogP contribution in [0.5, 0.6) is 0 Å². The van der Waals surface area contributed by atoms with Crippen LogP contribution in [0.15, 0.2) is 66.7 Å². The number of rotatable bonds is 6. The Morgan fingerprint density at radius 3 is 2.21 bits per heavy atom. The Morgan fingerprint density at radius 1 is 0.912 bits per heavy atom. The highest BCUT2D eigenvalue weighted by Crippen LogP contribution is 2.29. The van der Waals surface area contributed by atoms with Crippen LogP contribution < -0.4 is 10.2 Å². The number of carbonyl (C=O) groups is 4. The van der Waals surface area contributed by atoms with Gasteiger partial charge in [0, 0.05) is 5.69 Å². The number of fused-ring (bicyclic) bond motifs is 1. The van der Waals surface area contributed by atoms with Gasteiger partial charge in [-0.3, -0.25) is 14.4 Å². The number of aryl methyl sites for hydroxylation is 1. The molecule has 1 aliphatic heterocycles. The van der Waals surface area contributed by atoms with Crippen LogP contribution in [-0.2, 0) is 9.53 Å². The molecule has 0 atom stereocenters. The fraction of sp³-hybridized carbons (Fsp3) is 0.185. The van der Waals surface area contributed by atoms with Crippen LogP contribution in [0.1, 0.15) is 62.0 Å². The number of ether oxygens (including phenoxy) is 1. The van der Waals surface area contributed by atoms with Gasteiger partial charge in [0.15, 0.2) is 6.61 Å². The van der Waals surface area contributed by atoms with Gasteiger partial charge < -0.3 is 10.1 Å². The third-order valence-electron chi connectivity index (χ3n) is 5.66. The zero-order valence-electron chi connectivity index (χ0n) is 19.1. The van der Waals surface area contributed by atoms with Crippen molar-refractivity contribution < 1.29 is 23.9 Å². The van der Waals surface area contributed by atoms with E-state index in [1.165, 1.54) is 12.1 Å². The molecule has 7 heteroatoms. The number of esters is 1. The Bertz CT molecular complexity index is 1280. The van der Waals surface area contributed by atoms with E-state index in [0.29, 0.717) is 16.8 Å². The molecule has 1 N–H and O–H groups in total. The molecule has 0 bridgehead atoms. The van der Waals surface area contributed by atoms with E-state index >= 15 is 0 Å². The van der Waals surface area contributed by atoms with Crippen molar-refractivity contribution >= 4 is 35.1 Å². The number of nitrogens with one attached hydrogen (secondary N) is 1. The van der Waals surface area contributed by atoms with E-state index in [-0.39, 0.29) is 17.2 Å². The summed E-state index contributed by atoms with van der Waals surface area (Å²) >= 11 is 0. The number of hydrogen-bond donors (Lipinski definition) is 1. The predicted octanol–water partition coefficient (Wildman–Crippen LogP) is 4.71. The van der Waals surface area contributed by atoms with Gasteiger partial charge in [0.25, 0.3) is 17.7 Å². The maximum atomic E-state index is 12.7. The molecule has 0 radical (unpaired) electrons. The third kappa shape index (κ3) is 4.32. The van der Waals surface area contributed by atoms with Crippen molar-refractivity contribution in [3.05, 3.63) is 94.5 Å². The van der Waals surface area contributed by atoms with E-state index in [4.69, 9.17) is 4.74 Å². The molecule has 0 aliphatic carbocycles. The lowest BCUT2D eigenvalue weighted by atomic mass is 9.98. The van der Waals surface area contributed by atoms with Gasteiger partial charge in [-0.15, -0.1) is 0 Å². The standard InChI is InChI=1S/C27H24N2O5/c1-16(2)20-13-6-8-17(3)24(20)28-23(30)15-34-27(33)18-9-7-10-19(14-18)29-25(31)21-11-4-5-12-22(21)26(29)32/h4-14,16H,15H2,1-3H3,(H,28,30). The van der Waals surface area contributed by atoms with Crippen LogP contribution in [0.3, 0.4) is 0 Å². The van der Waals surface area contributed by atoms with Crippen LogP contribution in [0.25, 0.3) is 0 Å². The topological polar surface area (TPSA) is 92.8 Å². The Labute approximate surface area is 197 Å². The number of para-hydroxylation sites is 1. The third-order valence-corrected chi connectivity index (χ3v) is 5.66. The van der Waals surface area contributed by atoms with Crippen molar-refractivity contribution in [3.63, 3.8) is 0 Å². The molecule has 0 saturated carbocycles. The summed E-state index contributed by atoms with van der Waals surface area (Å²) in [5, 5.41) is 2.83. The lowest BCUT2D eigenvalue weighted by Gasteiger charge is -2.16. The van der Waals surface area contributed by atoms with Gasteiger partial charge in [0.1, 0.15) is 0 Å². The lowest BCUT2D eigenvalue weighted by molar-refractivity contribution is -0.119. The molecule has 0 aromatic heterocycles. The molecule has 0 fully saturated rings. The molecule has 4 rings (SSSR count). The first-order valence-corrected chi connectivity index (χ1v) is 10.9. The van der Waals surface area contributed by atoms with Crippen LogP contribution in [0, 0.1) is 6.92 Å². The van der Waals surface area contributed by atoms with Crippen molar-refractivity contribution in [3.8, 4) is 0 Å². The summed E-state index contributed by atoms with van der Waals surface area (Å²) < 4.78 is 5.20. The second-order valence-corrected chi connectivity index (χ2v) is 8.36. The molecule has 3 aromatic carbocycles. The number of anilines is 2. The fourth-order valence-corrected chi connectivity index (χ4v) is 3.93. The normalized spacial score (nSPS) is 12.6. The monoisotopic (exact) mass is 456 g/mol. The smallest absolute Gasteiger partial charge is 0.338 e. The molecule has 0 spiro atoms. The van der Waals surface area contributed by atoms with Gasteiger partial charge in [-0.2, -0.15) is 0 Å². The minimum atomic E-state index is -0.734. The van der Waals surface area contributed by atoms with Crippen molar-refractivity contribution in [2.75, 3.05) is 16.8 Å². The second kappa shape index (κ2) is 9.31. The Balaban J connectivity index is 1.45. The van der Waals surface area contributed by atoms with E-state index in [9.17, 15) is 19.2 Å². The molecule has 172 valence electrons. The van der Waals surface area contributed by atoms with Gasteiger partial charge in [0.2, 0.25) is 0 Å². The Kier molecular flexibility index (Phi) is 6.27. The molecule has 34 heavy (non-hydrogen) atoms. The van der Waals surface area contributed by atoms with Crippen molar-refractivity contribution in [2.24, 2.45) is 0 Å². The maximum Gasteiger partial charge on any atom is 0.338 e. The SMILES string of the molecule is Cc1cccc(C(C)C)c1NC(=O)COC(=O)c1cccc(N2C(=O)c3ccccc3C2=O)c1. The molecule has 0 unspecified atom stereocenters. The zero-order chi connectivity index (χ0) is 24.4. The number of benzene rings is 3. The summed E-state index contributed by atoms with van der Waals surface area (Å²) in [4.78, 5) is 51.5. The first-order chi connectivity index (χ1) is 16.3. The Morgan fingerprint density at radius 2 is 1.56 bits per heavy atom. The van der Waals surface area contributed by atoms with Gasteiger partial charge in [-0.05, 0) is 54.3 Å². The van der Waals surface area contributed by atoms with Gasteiger partial charge >= 0.3 is 5.97 Å². The van der Waals surface area contributed by atoms with Crippen molar-refractivity contribution in [2.45, 2.75) is 26.7 Å². The molecule has 3 aromatic rings. The van der Waals surface area contributed by atoms with Crippen LogP contribution >= 0.6 is 0 Å². The largest absolute Gasteiger partial charge is 0.452 e. The second-order valence-electron chi connectivity index (χ2n) is 8.36. The maximum absolute atomic E-state index is 12.7. The minimum absolute atomic E-state index is 0.126. The summed E-state index contributed by atoms with van der Waals surface area (Å²) in [6, 6.07) is 18.4. The van der Waals surface area contributed by atoms with Crippen LogP contribution in [0.4, 0.5) is 11.4 Å². The highest BCUT2D eigenvalue weighted by Gasteiger charge is 2.36. The molecular weight excluding hydrogens is 432 g/mol. The minimum Gasteiger partial charge on any atom is -0.452 e. The first-order valence-electron chi connectivity index (χ1n) is 10.9. The molecule has 7 nitrogen and oxygen atoms in total. The van der Waals surface area contributed by atoms with Crippen LogP contribution in [-0.4, -0.2) is 30.3 Å². The first kappa shape index (κ1) is 22.9. The average Bonchev–Trinajstić information content (AvgIpc) is 3.08. The quantitative estimate of drug-likeness (QED) is 0.428. The molecule has 3 amide bonds. The molecule has 0 saturated heterocycles. The predicted molar refractivity (Wildman–Crippen MR) is 128 cm³/mol. The summed E-state index contributed by atoms with van der Waals surface area (Å²) in [6.07, 6.45) is 0. The number of hydrogen-bond acceptors (Lipinski definition) is 5. The van der Waals surface area contributed by atoms with Gasteiger partial charge in [-0.1, -0.05) is 50.2 Å². The zero-order valence-corrected chi connectivity index (χ0v) is 19.1. The van der Waals surface area contributed by atoms with E-state index in [2.05, 4.69) is 5.32 Å². The van der Waals surface area contributed by atoms with Crippen molar-refractivity contribution in [1.82, 2.24) is 0 Å². The number of amides is 3. The number of nitrogens with zero attached hydrogens (tertiary/aromatic N) is 1. The fourth-order valence-electron chi connectivity index (χ4n) is 3.93. The number of carbonyl (C=O) groups excluding carboxylic acids is 4. The van der Waals surface area contributed by atoms with E-state index in [1.54, 1.807) is 36.4 Å². The van der Waals surface area contributed by atoms with Crippen molar-refractivity contribution in [1.29, 1.82) is 0 Å². The summed E-state index contributed by atoms with van der Waals surface area (Å²) in [7, 11) is 0. The average molecular weight is 456 g/mol. The summed E-state index contributed by atoms with van der Waals surface area (Å²) in [5.74, 6) is -1.89. The number of imide groups is 1. The van der Waals surface area contributed by atoms with E-state index in [1.807, 2.05) is 39.0 Å². The molecule has 1 aliphatic rings. The van der Waals surface area contributed by atoms with E-state index in [0.717, 1.165) is 16.0 Å². The Hall–Kier alpha value is -4.26. The highest BCUT2D eigenvalue weighted by molar-refractivity contribution is 6.34. The van der Waals surface area contributed by atoms with Crippen LogP contribution in [0.2, 0.25) is 0 Å². The summed E-state index contributed by atoms with van der Waals surface area (Å²) in [5.41, 5.74) is 3.63.